The van der Waals surface area contributed by atoms with Crippen LogP contribution in [-0.2, 0) is 6.54 Å². The van der Waals surface area contributed by atoms with E-state index in [2.05, 4.69) is 24.0 Å². The van der Waals surface area contributed by atoms with E-state index in [1.54, 1.807) is 7.11 Å². The average Bonchev–Trinajstić information content (AvgIpc) is 2.83. The summed E-state index contributed by atoms with van der Waals surface area (Å²) in [5.41, 5.74) is 1.37. The van der Waals surface area contributed by atoms with Crippen LogP contribution in [0.5, 0.6) is 5.75 Å². The van der Waals surface area contributed by atoms with Gasteiger partial charge in [0.05, 0.1) is 7.11 Å². The molecule has 13 heavy (non-hydrogen) atoms. The van der Waals surface area contributed by atoms with Gasteiger partial charge in [0.1, 0.15) is 5.75 Å². The number of hydrogen-bond donors (Lipinski definition) is 0. The van der Waals surface area contributed by atoms with Gasteiger partial charge >= 0.3 is 0 Å². The maximum Gasteiger partial charge on any atom is 0.118 e. The first-order valence-electron chi connectivity index (χ1n) is 4.66. The lowest BCUT2D eigenvalue weighted by Crippen LogP contribution is -1.99. The summed E-state index contributed by atoms with van der Waals surface area (Å²) in [5, 5.41) is 0. The van der Waals surface area contributed by atoms with Crippen molar-refractivity contribution in [1.29, 1.82) is 0 Å². The van der Waals surface area contributed by atoms with Gasteiger partial charge in [-0.3, -0.25) is 4.90 Å². The fraction of sp³-hybridized carbons (Fsp3) is 0.455. The van der Waals surface area contributed by atoms with Gasteiger partial charge in [-0.25, -0.2) is 0 Å². The van der Waals surface area contributed by atoms with Crippen molar-refractivity contribution in [2.45, 2.75) is 19.5 Å². The van der Waals surface area contributed by atoms with Crippen LogP contribution in [0.1, 0.15) is 12.5 Å². The molecule has 1 aliphatic rings. The first-order chi connectivity index (χ1) is 6.29. The molecule has 0 spiro atoms. The molecule has 0 aromatic heterocycles. The highest BCUT2D eigenvalue weighted by Gasteiger charge is 2.28. The van der Waals surface area contributed by atoms with E-state index in [1.807, 2.05) is 12.1 Å². The Morgan fingerprint density at radius 1 is 1.38 bits per heavy atom. The summed E-state index contributed by atoms with van der Waals surface area (Å²) >= 11 is 0. The van der Waals surface area contributed by atoms with Gasteiger partial charge in [-0.15, -0.1) is 0 Å². The zero-order valence-corrected chi connectivity index (χ0v) is 8.16. The molecule has 1 aromatic carbocycles. The van der Waals surface area contributed by atoms with Crippen LogP contribution in [0.15, 0.2) is 24.3 Å². The Kier molecular flexibility index (Phi) is 2.23. The summed E-state index contributed by atoms with van der Waals surface area (Å²) in [6.45, 7) is 4.57. The molecule has 0 amide bonds. The minimum atomic E-state index is 0.780. The van der Waals surface area contributed by atoms with Crippen molar-refractivity contribution in [3.63, 3.8) is 0 Å². The Labute approximate surface area is 79.1 Å². The molecule has 0 aliphatic carbocycles. The van der Waals surface area contributed by atoms with Crippen molar-refractivity contribution in [2.75, 3.05) is 13.7 Å². The molecule has 2 rings (SSSR count). The van der Waals surface area contributed by atoms with Crippen molar-refractivity contribution in [2.24, 2.45) is 0 Å². The predicted molar refractivity (Wildman–Crippen MR) is 52.9 cm³/mol. The van der Waals surface area contributed by atoms with E-state index in [4.69, 9.17) is 4.74 Å². The molecular weight excluding hydrogens is 162 g/mol. The Hall–Kier alpha value is -1.02. The van der Waals surface area contributed by atoms with E-state index in [9.17, 15) is 0 Å². The highest BCUT2D eigenvalue weighted by atomic mass is 16.5. The van der Waals surface area contributed by atoms with Crippen molar-refractivity contribution in [1.82, 2.24) is 4.90 Å². The topological polar surface area (TPSA) is 12.2 Å². The lowest BCUT2D eigenvalue weighted by molar-refractivity contribution is 0.414. The fourth-order valence-electron chi connectivity index (χ4n) is 1.48. The zero-order valence-electron chi connectivity index (χ0n) is 8.16. The molecule has 70 valence electrons. The molecule has 0 radical (unpaired) electrons. The van der Waals surface area contributed by atoms with E-state index in [1.165, 1.54) is 12.1 Å². The highest BCUT2D eigenvalue weighted by Crippen LogP contribution is 2.21. The molecule has 0 bridgehead atoms. The molecule has 2 nitrogen and oxygen atoms in total. The largest absolute Gasteiger partial charge is 0.497 e. The lowest BCUT2D eigenvalue weighted by atomic mass is 10.2. The maximum atomic E-state index is 5.10. The minimum Gasteiger partial charge on any atom is -0.497 e. The summed E-state index contributed by atoms with van der Waals surface area (Å²) in [7, 11) is 1.70. The molecule has 0 N–H and O–H groups in total. The first kappa shape index (κ1) is 8.57. The van der Waals surface area contributed by atoms with Gasteiger partial charge in [0.25, 0.3) is 0 Å². The van der Waals surface area contributed by atoms with Gasteiger partial charge in [0.15, 0.2) is 0 Å². The number of ether oxygens (including phenoxy) is 1. The Balaban J connectivity index is 1.97. The van der Waals surface area contributed by atoms with Crippen LogP contribution < -0.4 is 4.74 Å². The fourth-order valence-corrected chi connectivity index (χ4v) is 1.48. The maximum absolute atomic E-state index is 5.10. The number of hydrogen-bond acceptors (Lipinski definition) is 2. The van der Waals surface area contributed by atoms with Crippen LogP contribution in [0.25, 0.3) is 0 Å². The smallest absolute Gasteiger partial charge is 0.118 e. The number of rotatable bonds is 3. The first-order valence-corrected chi connectivity index (χ1v) is 4.66. The normalized spacial score (nSPS) is 25.7. The predicted octanol–water partition coefficient (Wildman–Crippen LogP) is 1.90. The van der Waals surface area contributed by atoms with Gasteiger partial charge in [0.2, 0.25) is 0 Å². The summed E-state index contributed by atoms with van der Waals surface area (Å²) < 4.78 is 5.10. The van der Waals surface area contributed by atoms with Crippen molar-refractivity contribution in [3.8, 4) is 5.75 Å². The molecule has 2 atom stereocenters. The van der Waals surface area contributed by atoms with Gasteiger partial charge < -0.3 is 4.74 Å². The monoisotopic (exact) mass is 177 g/mol. The second kappa shape index (κ2) is 3.38. The Morgan fingerprint density at radius 2 is 2.00 bits per heavy atom. The minimum absolute atomic E-state index is 0.780. The Bertz CT molecular complexity index is 281. The van der Waals surface area contributed by atoms with Gasteiger partial charge in [-0.2, -0.15) is 0 Å². The molecule has 1 unspecified atom stereocenters. The molecule has 1 aliphatic heterocycles. The number of benzene rings is 1. The number of nitrogens with zero attached hydrogens (tertiary/aromatic N) is 1. The second-order valence-electron chi connectivity index (χ2n) is 3.63. The van der Waals surface area contributed by atoms with Gasteiger partial charge in [-0.1, -0.05) is 12.1 Å². The SMILES string of the molecule is COc1ccc(CN2C[C@H]2C)cc1. The summed E-state index contributed by atoms with van der Waals surface area (Å²) in [5.74, 6) is 0.933. The number of methoxy groups -OCH3 is 1. The van der Waals surface area contributed by atoms with Crippen LogP contribution in [0.4, 0.5) is 0 Å². The third-order valence-corrected chi connectivity index (χ3v) is 2.53. The lowest BCUT2D eigenvalue weighted by Gasteiger charge is -2.03. The van der Waals surface area contributed by atoms with E-state index >= 15 is 0 Å². The Morgan fingerprint density at radius 3 is 2.46 bits per heavy atom. The molecule has 1 saturated heterocycles. The third-order valence-electron chi connectivity index (χ3n) is 2.53. The second-order valence-corrected chi connectivity index (χ2v) is 3.63. The zero-order chi connectivity index (χ0) is 9.26. The van der Waals surface area contributed by atoms with Crippen molar-refractivity contribution < 1.29 is 4.74 Å². The molecule has 0 saturated carbocycles. The summed E-state index contributed by atoms with van der Waals surface area (Å²) in [6, 6.07) is 9.07. The molecular formula is C11H15NO. The van der Waals surface area contributed by atoms with Crippen LogP contribution in [-0.4, -0.2) is 24.6 Å². The van der Waals surface area contributed by atoms with Crippen LogP contribution >= 0.6 is 0 Å². The van der Waals surface area contributed by atoms with Crippen LogP contribution in [0.2, 0.25) is 0 Å². The molecule has 1 heterocycles. The van der Waals surface area contributed by atoms with Gasteiger partial charge in [-0.05, 0) is 24.6 Å². The van der Waals surface area contributed by atoms with E-state index in [-0.39, 0.29) is 0 Å². The standard InChI is InChI=1S/C11H15NO/c1-9-7-12(9)8-10-3-5-11(13-2)6-4-10/h3-6,9H,7-8H2,1-2H3/t9-,12?/m1/s1. The summed E-state index contributed by atoms with van der Waals surface area (Å²) in [4.78, 5) is 2.43. The van der Waals surface area contributed by atoms with Gasteiger partial charge in [0, 0.05) is 19.1 Å². The highest BCUT2D eigenvalue weighted by molar-refractivity contribution is 5.27. The quantitative estimate of drug-likeness (QED) is 0.654. The molecule has 2 heteroatoms. The molecule has 1 fully saturated rings. The van der Waals surface area contributed by atoms with E-state index in [0.717, 1.165) is 18.3 Å². The van der Waals surface area contributed by atoms with E-state index in [0.29, 0.717) is 0 Å². The van der Waals surface area contributed by atoms with Crippen molar-refractivity contribution in [3.05, 3.63) is 29.8 Å². The summed E-state index contributed by atoms with van der Waals surface area (Å²) in [6.07, 6.45) is 0. The van der Waals surface area contributed by atoms with E-state index < -0.39 is 0 Å². The van der Waals surface area contributed by atoms with Crippen LogP contribution in [0.3, 0.4) is 0 Å². The van der Waals surface area contributed by atoms with Crippen LogP contribution in [0, 0.1) is 0 Å². The third kappa shape index (κ3) is 2.01. The van der Waals surface area contributed by atoms with Crippen molar-refractivity contribution >= 4 is 0 Å². The molecule has 1 aromatic rings. The average molecular weight is 177 g/mol.